The van der Waals surface area contributed by atoms with Crippen molar-refractivity contribution in [3.63, 3.8) is 0 Å². The van der Waals surface area contributed by atoms with E-state index in [0.29, 0.717) is 40.2 Å². The van der Waals surface area contributed by atoms with E-state index in [4.69, 9.17) is 4.74 Å². The Hall–Kier alpha value is -2.52. The summed E-state index contributed by atoms with van der Waals surface area (Å²) in [4.78, 5) is 28.3. The molecule has 0 spiro atoms. The molecule has 0 atom stereocenters. The number of esters is 1. The van der Waals surface area contributed by atoms with Gasteiger partial charge in [-0.05, 0) is 39.5 Å². The number of nitrogens with zero attached hydrogens (tertiary/aromatic N) is 1. The number of H-pyrrole nitrogens is 1. The first-order valence-corrected chi connectivity index (χ1v) is 9.32. The molecule has 1 aliphatic carbocycles. The molecule has 0 unspecified atom stereocenters. The van der Waals surface area contributed by atoms with Crippen LogP contribution in [0.1, 0.15) is 61.1 Å². The zero-order chi connectivity index (χ0) is 19.8. The van der Waals surface area contributed by atoms with Crippen LogP contribution in [0.15, 0.2) is 11.0 Å². The number of rotatable bonds is 3. The lowest BCUT2D eigenvalue weighted by atomic mass is 10.1. The van der Waals surface area contributed by atoms with Crippen LogP contribution in [-0.2, 0) is 11.8 Å². The lowest BCUT2D eigenvalue weighted by Crippen LogP contribution is -2.18. The van der Waals surface area contributed by atoms with Crippen molar-refractivity contribution in [1.29, 1.82) is 0 Å². The normalized spacial score (nSPS) is 15.0. The highest BCUT2D eigenvalue weighted by atomic mass is 16.5. The van der Waals surface area contributed by atoms with Crippen molar-refractivity contribution < 1.29 is 14.6 Å². The zero-order valence-corrected chi connectivity index (χ0v) is 16.3. The molecular weight excluding hydrogens is 344 g/mol. The van der Waals surface area contributed by atoms with E-state index in [1.54, 1.807) is 34.0 Å². The minimum Gasteiger partial charge on any atom is -0.462 e. The molecule has 0 aliphatic heterocycles. The van der Waals surface area contributed by atoms with Crippen LogP contribution in [0, 0.1) is 24.7 Å². The Morgan fingerprint density at radius 2 is 2.07 bits per heavy atom. The number of pyridine rings is 1. The first-order valence-electron chi connectivity index (χ1n) is 9.32. The van der Waals surface area contributed by atoms with Gasteiger partial charge in [0.1, 0.15) is 11.1 Å². The van der Waals surface area contributed by atoms with E-state index in [1.807, 2.05) is 0 Å². The number of aromatic nitrogens is 2. The molecule has 2 heterocycles. The van der Waals surface area contributed by atoms with Crippen LogP contribution < -0.4 is 5.56 Å². The predicted octanol–water partition coefficient (Wildman–Crippen LogP) is 2.64. The van der Waals surface area contributed by atoms with E-state index in [9.17, 15) is 14.7 Å². The summed E-state index contributed by atoms with van der Waals surface area (Å²) in [7, 11) is 1.63. The van der Waals surface area contributed by atoms with E-state index >= 15 is 0 Å². The van der Waals surface area contributed by atoms with Gasteiger partial charge in [0.25, 0.3) is 5.56 Å². The van der Waals surface area contributed by atoms with E-state index in [2.05, 4.69) is 16.8 Å². The zero-order valence-electron chi connectivity index (χ0n) is 16.3. The maximum absolute atomic E-state index is 12.8. The molecule has 0 radical (unpaired) electrons. The highest BCUT2D eigenvalue weighted by molar-refractivity contribution is 6.07. The summed E-state index contributed by atoms with van der Waals surface area (Å²) in [6.45, 7) is 5.32. The molecule has 0 saturated heterocycles. The number of nitrogens with one attached hydrogen (secondary N) is 1. The first kappa shape index (κ1) is 19.2. The molecule has 0 bridgehead atoms. The van der Waals surface area contributed by atoms with Gasteiger partial charge in [-0.15, -0.1) is 0 Å². The largest absolute Gasteiger partial charge is 0.462 e. The molecule has 2 aromatic heterocycles. The van der Waals surface area contributed by atoms with Crippen LogP contribution >= 0.6 is 0 Å². The van der Waals surface area contributed by atoms with Crippen molar-refractivity contribution in [3.05, 3.63) is 33.4 Å². The standard InChI is InChI=1S/C21H26N2O4/c1-13-16(20(25)27-12-14-7-5-6-8-14)17-15(9-10-21(2,3)26)11-23(4)19(24)18(17)22-13/h11,14,22,26H,5-8,12H2,1-4H3. The Balaban J connectivity index is 2.07. The molecule has 6 heteroatoms. The molecule has 3 rings (SSSR count). The van der Waals surface area contributed by atoms with Gasteiger partial charge in [-0.2, -0.15) is 0 Å². The number of aryl methyl sites for hydroxylation is 2. The van der Waals surface area contributed by atoms with E-state index < -0.39 is 11.6 Å². The van der Waals surface area contributed by atoms with E-state index in [0.717, 1.165) is 12.8 Å². The highest BCUT2D eigenvalue weighted by Crippen LogP contribution is 2.27. The van der Waals surface area contributed by atoms with Crippen molar-refractivity contribution >= 4 is 16.9 Å². The van der Waals surface area contributed by atoms with Gasteiger partial charge in [0, 0.05) is 24.3 Å². The summed E-state index contributed by atoms with van der Waals surface area (Å²) in [6, 6.07) is 0. The number of ether oxygens (including phenoxy) is 1. The van der Waals surface area contributed by atoms with Gasteiger partial charge in [0.2, 0.25) is 0 Å². The highest BCUT2D eigenvalue weighted by Gasteiger charge is 2.24. The van der Waals surface area contributed by atoms with Gasteiger partial charge in [0.15, 0.2) is 0 Å². The number of carbonyl (C=O) groups excluding carboxylic acids is 1. The van der Waals surface area contributed by atoms with Crippen LogP contribution in [0.3, 0.4) is 0 Å². The summed E-state index contributed by atoms with van der Waals surface area (Å²) in [5, 5.41) is 10.4. The third-order valence-electron chi connectivity index (χ3n) is 4.95. The minimum atomic E-state index is -1.18. The molecule has 2 aromatic rings. The van der Waals surface area contributed by atoms with Crippen LogP contribution in [0.4, 0.5) is 0 Å². The third kappa shape index (κ3) is 4.09. The summed E-state index contributed by atoms with van der Waals surface area (Å²) >= 11 is 0. The second-order valence-electron chi connectivity index (χ2n) is 7.89. The number of fused-ring (bicyclic) bond motifs is 1. The van der Waals surface area contributed by atoms with Gasteiger partial charge in [-0.1, -0.05) is 24.7 Å². The summed E-state index contributed by atoms with van der Waals surface area (Å²) in [6.07, 6.45) is 6.12. The molecule has 27 heavy (non-hydrogen) atoms. The molecule has 1 aliphatic rings. The van der Waals surface area contributed by atoms with Crippen molar-refractivity contribution in [2.45, 2.75) is 52.1 Å². The third-order valence-corrected chi connectivity index (χ3v) is 4.95. The van der Waals surface area contributed by atoms with Gasteiger partial charge in [0.05, 0.1) is 17.7 Å². The Labute approximate surface area is 158 Å². The Morgan fingerprint density at radius 3 is 2.70 bits per heavy atom. The minimum absolute atomic E-state index is 0.239. The van der Waals surface area contributed by atoms with Crippen molar-refractivity contribution in [2.24, 2.45) is 13.0 Å². The fourth-order valence-electron chi connectivity index (χ4n) is 3.56. The Kier molecular flexibility index (Phi) is 5.16. The molecule has 144 valence electrons. The monoisotopic (exact) mass is 370 g/mol. The van der Waals surface area contributed by atoms with E-state index in [-0.39, 0.29) is 5.56 Å². The Morgan fingerprint density at radius 1 is 1.41 bits per heavy atom. The average Bonchev–Trinajstić information content (AvgIpc) is 3.21. The smallest absolute Gasteiger partial charge is 0.340 e. The molecule has 0 aromatic carbocycles. The maximum Gasteiger partial charge on any atom is 0.340 e. The average molecular weight is 370 g/mol. The van der Waals surface area contributed by atoms with Gasteiger partial charge >= 0.3 is 5.97 Å². The number of aliphatic hydroxyl groups is 1. The second kappa shape index (κ2) is 7.24. The number of carbonyl (C=O) groups is 1. The van der Waals surface area contributed by atoms with Gasteiger partial charge in [-0.25, -0.2) is 4.79 Å². The fourth-order valence-corrected chi connectivity index (χ4v) is 3.56. The lowest BCUT2D eigenvalue weighted by molar-refractivity contribution is 0.0444. The molecule has 0 amide bonds. The van der Waals surface area contributed by atoms with Gasteiger partial charge in [-0.3, -0.25) is 4.79 Å². The fraction of sp³-hybridized carbons (Fsp3) is 0.524. The lowest BCUT2D eigenvalue weighted by Gasteiger charge is -2.11. The van der Waals surface area contributed by atoms with Crippen molar-refractivity contribution in [2.75, 3.05) is 6.61 Å². The van der Waals surface area contributed by atoms with Crippen molar-refractivity contribution in [1.82, 2.24) is 9.55 Å². The van der Waals surface area contributed by atoms with E-state index in [1.165, 1.54) is 17.4 Å². The number of aromatic amines is 1. The first-order chi connectivity index (χ1) is 12.7. The summed E-state index contributed by atoms with van der Waals surface area (Å²) in [5.74, 6) is 5.65. The quantitative estimate of drug-likeness (QED) is 0.643. The maximum atomic E-state index is 12.8. The SMILES string of the molecule is Cc1[nH]c2c(=O)n(C)cc(C#CC(C)(C)O)c2c1C(=O)OCC1CCCC1. The van der Waals surface area contributed by atoms with Crippen molar-refractivity contribution in [3.8, 4) is 11.8 Å². The van der Waals surface area contributed by atoms with Crippen LogP contribution in [0.2, 0.25) is 0 Å². The molecule has 2 N–H and O–H groups in total. The van der Waals surface area contributed by atoms with Gasteiger partial charge < -0.3 is 19.4 Å². The molecule has 6 nitrogen and oxygen atoms in total. The summed E-state index contributed by atoms with van der Waals surface area (Å²) in [5.41, 5.74) is 0.334. The second-order valence-corrected chi connectivity index (χ2v) is 7.89. The topological polar surface area (TPSA) is 84.3 Å². The molecular formula is C21H26N2O4. The van der Waals surface area contributed by atoms with Crippen LogP contribution in [0.25, 0.3) is 10.9 Å². The molecule has 1 saturated carbocycles. The molecule has 1 fully saturated rings. The number of hydrogen-bond acceptors (Lipinski definition) is 4. The predicted molar refractivity (Wildman–Crippen MR) is 104 cm³/mol. The van der Waals surface area contributed by atoms with Crippen LogP contribution in [0.5, 0.6) is 0 Å². The number of hydrogen-bond donors (Lipinski definition) is 2. The summed E-state index contributed by atoms with van der Waals surface area (Å²) < 4.78 is 6.98. The Bertz CT molecular complexity index is 990. The van der Waals surface area contributed by atoms with Crippen LogP contribution in [-0.4, -0.2) is 32.8 Å².